The summed E-state index contributed by atoms with van der Waals surface area (Å²) < 4.78 is 6.38. The average Bonchev–Trinajstić information content (AvgIpc) is 2.46. The van der Waals surface area contributed by atoms with Gasteiger partial charge in [0.1, 0.15) is 18.0 Å². The molecule has 1 aliphatic heterocycles. The number of nitrogens with zero attached hydrogens (tertiary/aromatic N) is 2. The monoisotopic (exact) mass is 227 g/mol. The van der Waals surface area contributed by atoms with E-state index in [2.05, 4.69) is 4.98 Å². The van der Waals surface area contributed by atoms with E-state index in [9.17, 15) is 15.0 Å². The summed E-state index contributed by atoms with van der Waals surface area (Å²) in [5, 5.41) is 19.2. The topological polar surface area (TPSA) is 111 Å². The molecule has 4 N–H and O–H groups in total. The van der Waals surface area contributed by atoms with E-state index in [0.717, 1.165) is 4.57 Å². The van der Waals surface area contributed by atoms with Gasteiger partial charge in [-0.3, -0.25) is 4.57 Å². The number of ether oxygens (including phenoxy) is 1. The lowest BCUT2D eigenvalue weighted by Crippen LogP contribution is -2.35. The Morgan fingerprint density at radius 2 is 2.19 bits per heavy atom. The van der Waals surface area contributed by atoms with Gasteiger partial charge in [0.15, 0.2) is 6.23 Å². The molecule has 2 heterocycles. The zero-order valence-electron chi connectivity index (χ0n) is 8.65. The first-order valence-corrected chi connectivity index (χ1v) is 4.87. The van der Waals surface area contributed by atoms with E-state index in [4.69, 9.17) is 10.5 Å². The van der Waals surface area contributed by atoms with Gasteiger partial charge in [-0.15, -0.1) is 0 Å². The van der Waals surface area contributed by atoms with E-state index in [1.54, 1.807) is 6.92 Å². The van der Waals surface area contributed by atoms with Gasteiger partial charge in [0.25, 0.3) is 0 Å². The summed E-state index contributed by atoms with van der Waals surface area (Å²) in [5.41, 5.74) is 4.72. The molecule has 0 spiro atoms. The van der Waals surface area contributed by atoms with Crippen molar-refractivity contribution in [1.82, 2.24) is 9.55 Å². The van der Waals surface area contributed by atoms with Crippen molar-refractivity contribution in [2.75, 3.05) is 5.73 Å². The Balaban J connectivity index is 2.35. The van der Waals surface area contributed by atoms with Gasteiger partial charge in [-0.25, -0.2) is 4.79 Å². The average molecular weight is 227 g/mol. The maximum Gasteiger partial charge on any atom is 0.351 e. The molecule has 0 radical (unpaired) electrons. The normalized spacial score (nSPS) is 34.2. The van der Waals surface area contributed by atoms with Crippen LogP contribution in [0.1, 0.15) is 13.2 Å². The van der Waals surface area contributed by atoms with E-state index < -0.39 is 30.2 Å². The molecule has 1 saturated heterocycles. The van der Waals surface area contributed by atoms with Crippen molar-refractivity contribution in [3.05, 3.63) is 22.7 Å². The fourth-order valence-corrected chi connectivity index (χ4v) is 1.68. The van der Waals surface area contributed by atoms with E-state index in [1.807, 2.05) is 0 Å². The van der Waals surface area contributed by atoms with Crippen LogP contribution < -0.4 is 11.4 Å². The van der Waals surface area contributed by atoms with Crippen molar-refractivity contribution in [3.8, 4) is 0 Å². The molecular weight excluding hydrogens is 214 g/mol. The Bertz CT molecular complexity index is 447. The van der Waals surface area contributed by atoms with E-state index in [-0.39, 0.29) is 5.82 Å². The lowest BCUT2D eigenvalue weighted by Gasteiger charge is -2.16. The molecule has 16 heavy (non-hydrogen) atoms. The van der Waals surface area contributed by atoms with Gasteiger partial charge in [0, 0.05) is 6.20 Å². The van der Waals surface area contributed by atoms with Crippen molar-refractivity contribution in [1.29, 1.82) is 0 Å². The molecule has 1 aromatic rings. The van der Waals surface area contributed by atoms with E-state index >= 15 is 0 Å². The molecule has 0 aromatic carbocycles. The quantitative estimate of drug-likeness (QED) is 0.536. The molecule has 0 bridgehead atoms. The second-order valence-electron chi connectivity index (χ2n) is 3.76. The first-order valence-electron chi connectivity index (χ1n) is 4.87. The lowest BCUT2D eigenvalue weighted by atomic mass is 10.1. The van der Waals surface area contributed by atoms with Crippen LogP contribution in [0.15, 0.2) is 17.1 Å². The highest BCUT2D eigenvalue weighted by molar-refractivity contribution is 5.23. The van der Waals surface area contributed by atoms with Crippen LogP contribution >= 0.6 is 0 Å². The van der Waals surface area contributed by atoms with Crippen molar-refractivity contribution < 1.29 is 14.9 Å². The molecule has 88 valence electrons. The fourth-order valence-electron chi connectivity index (χ4n) is 1.68. The number of anilines is 1. The molecule has 0 amide bonds. The first kappa shape index (κ1) is 11.1. The minimum absolute atomic E-state index is 0.0994. The lowest BCUT2D eigenvalue weighted by molar-refractivity contribution is -0.0349. The predicted molar refractivity (Wildman–Crippen MR) is 54.5 cm³/mol. The molecular formula is C9H13N3O4. The minimum atomic E-state index is -1.15. The van der Waals surface area contributed by atoms with E-state index in [1.165, 1.54) is 12.3 Å². The SMILES string of the molecule is C[C@H]1O[C@@H](n2ccc(N)nc2=O)[C@H](O)[C@@H]1O. The van der Waals surface area contributed by atoms with E-state index in [0.29, 0.717) is 0 Å². The molecule has 0 unspecified atom stereocenters. The van der Waals surface area contributed by atoms with Gasteiger partial charge in [-0.1, -0.05) is 0 Å². The van der Waals surface area contributed by atoms with Crippen molar-refractivity contribution >= 4 is 5.82 Å². The number of hydrogen-bond acceptors (Lipinski definition) is 6. The summed E-state index contributed by atoms with van der Waals surface area (Å²) in [6.45, 7) is 1.61. The molecule has 2 rings (SSSR count). The number of nitrogen functional groups attached to an aromatic ring is 1. The van der Waals surface area contributed by atoms with Crippen LogP contribution in [0.25, 0.3) is 0 Å². The maximum atomic E-state index is 11.5. The fraction of sp³-hybridized carbons (Fsp3) is 0.556. The van der Waals surface area contributed by atoms with Crippen LogP contribution in [0.4, 0.5) is 5.82 Å². The van der Waals surface area contributed by atoms with Crippen molar-refractivity contribution in [3.63, 3.8) is 0 Å². The number of aliphatic hydroxyl groups is 2. The molecule has 1 fully saturated rings. The molecule has 0 aliphatic carbocycles. The summed E-state index contributed by atoms with van der Waals surface area (Å²) in [6.07, 6.45) is -2.26. The van der Waals surface area contributed by atoms with Crippen LogP contribution in [-0.2, 0) is 4.74 Å². The van der Waals surface area contributed by atoms with Crippen LogP contribution in [-0.4, -0.2) is 38.1 Å². The second kappa shape index (κ2) is 3.85. The summed E-state index contributed by atoms with van der Waals surface area (Å²) >= 11 is 0. The maximum absolute atomic E-state index is 11.5. The minimum Gasteiger partial charge on any atom is -0.388 e. The molecule has 4 atom stereocenters. The Morgan fingerprint density at radius 3 is 2.69 bits per heavy atom. The highest BCUT2D eigenvalue weighted by Crippen LogP contribution is 2.27. The predicted octanol–water partition coefficient (Wildman–Crippen LogP) is -1.54. The Hall–Kier alpha value is -1.44. The number of rotatable bonds is 1. The van der Waals surface area contributed by atoms with Gasteiger partial charge >= 0.3 is 5.69 Å². The van der Waals surface area contributed by atoms with Crippen molar-refractivity contribution in [2.45, 2.75) is 31.5 Å². The van der Waals surface area contributed by atoms with Gasteiger partial charge in [-0.2, -0.15) is 4.98 Å². The van der Waals surface area contributed by atoms with Gasteiger partial charge in [-0.05, 0) is 13.0 Å². The van der Waals surface area contributed by atoms with Crippen LogP contribution in [0.5, 0.6) is 0 Å². The molecule has 7 heteroatoms. The molecule has 1 aromatic heterocycles. The number of nitrogens with two attached hydrogens (primary N) is 1. The van der Waals surface area contributed by atoms with Gasteiger partial charge in [0.05, 0.1) is 6.10 Å². The smallest absolute Gasteiger partial charge is 0.351 e. The van der Waals surface area contributed by atoms with Gasteiger partial charge in [0.2, 0.25) is 0 Å². The number of hydrogen-bond donors (Lipinski definition) is 3. The van der Waals surface area contributed by atoms with Crippen LogP contribution in [0.3, 0.4) is 0 Å². The third kappa shape index (κ3) is 1.69. The Kier molecular flexibility index (Phi) is 2.66. The van der Waals surface area contributed by atoms with Crippen LogP contribution in [0.2, 0.25) is 0 Å². The summed E-state index contributed by atoms with van der Waals surface area (Å²) in [4.78, 5) is 15.0. The first-order chi connectivity index (χ1) is 7.50. The number of aliphatic hydroxyl groups excluding tert-OH is 2. The summed E-state index contributed by atoms with van der Waals surface area (Å²) in [5.74, 6) is 0.0994. The zero-order chi connectivity index (χ0) is 11.9. The standard InChI is InChI=1S/C9H13N3O4/c1-4-6(13)7(14)8(16-4)12-3-2-5(10)11-9(12)15/h2-4,6-8,13-14H,1H3,(H2,10,11,15)/t4-,6-,7-,8-/m1/s1. The zero-order valence-corrected chi connectivity index (χ0v) is 8.65. The highest BCUT2D eigenvalue weighted by atomic mass is 16.6. The van der Waals surface area contributed by atoms with Crippen molar-refractivity contribution in [2.24, 2.45) is 0 Å². The molecule has 0 saturated carbocycles. The third-order valence-electron chi connectivity index (χ3n) is 2.60. The Labute approximate surface area is 91.1 Å². The molecule has 7 nitrogen and oxygen atoms in total. The van der Waals surface area contributed by atoms with Crippen LogP contribution in [0, 0.1) is 0 Å². The molecule has 1 aliphatic rings. The third-order valence-corrected chi connectivity index (χ3v) is 2.60. The second-order valence-corrected chi connectivity index (χ2v) is 3.76. The highest BCUT2D eigenvalue weighted by Gasteiger charge is 2.41. The summed E-state index contributed by atoms with van der Waals surface area (Å²) in [6, 6.07) is 1.42. The number of aromatic nitrogens is 2. The largest absolute Gasteiger partial charge is 0.388 e. The Morgan fingerprint density at radius 1 is 1.50 bits per heavy atom. The summed E-state index contributed by atoms with van der Waals surface area (Å²) in [7, 11) is 0. The van der Waals surface area contributed by atoms with Gasteiger partial charge < -0.3 is 20.7 Å².